The lowest BCUT2D eigenvalue weighted by Crippen LogP contribution is -2.47. The number of hydrogen-bond donors (Lipinski definition) is 1. The summed E-state index contributed by atoms with van der Waals surface area (Å²) in [7, 11) is 1.68. The summed E-state index contributed by atoms with van der Waals surface area (Å²) in [6.07, 6.45) is 3.12. The van der Waals surface area contributed by atoms with Gasteiger partial charge in [0.05, 0.1) is 12.5 Å². The van der Waals surface area contributed by atoms with Gasteiger partial charge in [0.2, 0.25) is 5.91 Å². The van der Waals surface area contributed by atoms with Gasteiger partial charge in [0.15, 0.2) is 0 Å². The Bertz CT molecular complexity index is 227. The van der Waals surface area contributed by atoms with Crippen LogP contribution < -0.4 is 5.32 Å². The second-order valence-corrected chi connectivity index (χ2v) is 4.82. The molecule has 1 fully saturated rings. The van der Waals surface area contributed by atoms with Gasteiger partial charge in [-0.25, -0.2) is 0 Å². The van der Waals surface area contributed by atoms with Crippen LogP contribution in [0.15, 0.2) is 0 Å². The highest BCUT2D eigenvalue weighted by molar-refractivity contribution is 5.79. The summed E-state index contributed by atoms with van der Waals surface area (Å²) in [6.45, 7) is 7.45. The number of piperidine rings is 1. The Labute approximate surface area is 105 Å². The van der Waals surface area contributed by atoms with Gasteiger partial charge in [-0.05, 0) is 32.7 Å². The Hall–Kier alpha value is -0.610. The van der Waals surface area contributed by atoms with Gasteiger partial charge in [-0.3, -0.25) is 4.79 Å². The fourth-order valence-electron chi connectivity index (χ4n) is 2.25. The van der Waals surface area contributed by atoms with Crippen molar-refractivity contribution in [2.75, 3.05) is 33.4 Å². The van der Waals surface area contributed by atoms with Crippen molar-refractivity contribution < 1.29 is 9.53 Å². The van der Waals surface area contributed by atoms with Crippen LogP contribution in [0.4, 0.5) is 0 Å². The lowest BCUT2D eigenvalue weighted by atomic mass is 9.97. The minimum absolute atomic E-state index is 0.162. The minimum Gasteiger partial charge on any atom is -0.383 e. The van der Waals surface area contributed by atoms with E-state index in [1.165, 1.54) is 0 Å². The molecule has 0 saturated carbocycles. The second-order valence-electron chi connectivity index (χ2n) is 4.82. The van der Waals surface area contributed by atoms with Crippen LogP contribution in [0.25, 0.3) is 0 Å². The number of nitrogens with zero attached hydrogens (tertiary/aromatic N) is 1. The van der Waals surface area contributed by atoms with Crippen molar-refractivity contribution in [3.63, 3.8) is 0 Å². The van der Waals surface area contributed by atoms with Crippen LogP contribution >= 0.6 is 0 Å². The number of rotatable bonds is 6. The van der Waals surface area contributed by atoms with E-state index in [0.717, 1.165) is 32.4 Å². The molecule has 1 amide bonds. The third-order valence-corrected chi connectivity index (χ3v) is 3.59. The molecule has 2 atom stereocenters. The molecule has 1 heterocycles. The highest BCUT2D eigenvalue weighted by Crippen LogP contribution is 2.16. The summed E-state index contributed by atoms with van der Waals surface area (Å²) in [5, 5.41) is 3.30. The zero-order valence-electron chi connectivity index (χ0n) is 11.4. The van der Waals surface area contributed by atoms with Crippen molar-refractivity contribution in [1.29, 1.82) is 0 Å². The summed E-state index contributed by atoms with van der Waals surface area (Å²) < 4.78 is 5.09. The van der Waals surface area contributed by atoms with Crippen LogP contribution in [-0.4, -0.2) is 50.2 Å². The summed E-state index contributed by atoms with van der Waals surface area (Å²) in [5.74, 6) is 0.457. The molecule has 1 saturated heterocycles. The maximum Gasteiger partial charge on any atom is 0.227 e. The van der Waals surface area contributed by atoms with Crippen LogP contribution in [0.1, 0.15) is 33.1 Å². The summed E-state index contributed by atoms with van der Waals surface area (Å²) in [5.41, 5.74) is 0. The van der Waals surface area contributed by atoms with Crippen molar-refractivity contribution in [3.8, 4) is 0 Å². The average Bonchev–Trinajstić information content (AvgIpc) is 2.39. The number of carbonyl (C=O) groups is 1. The number of amides is 1. The standard InChI is InChI=1S/C13H26N2O2/c1-4-11(2)15(8-9-17-3)13(16)12-6-5-7-14-10-12/h11-12,14H,4-10H2,1-3H3/t11?,12-/m0/s1. The molecule has 1 aliphatic rings. The van der Waals surface area contributed by atoms with Crippen molar-refractivity contribution in [3.05, 3.63) is 0 Å². The molecule has 1 unspecified atom stereocenters. The fraction of sp³-hybridized carbons (Fsp3) is 0.923. The van der Waals surface area contributed by atoms with E-state index in [1.807, 2.05) is 4.90 Å². The average molecular weight is 242 g/mol. The van der Waals surface area contributed by atoms with E-state index < -0.39 is 0 Å². The van der Waals surface area contributed by atoms with Crippen LogP contribution in [0.2, 0.25) is 0 Å². The zero-order chi connectivity index (χ0) is 12.7. The highest BCUT2D eigenvalue weighted by Gasteiger charge is 2.27. The van der Waals surface area contributed by atoms with E-state index in [-0.39, 0.29) is 5.92 Å². The molecule has 0 aromatic carbocycles. The Morgan fingerprint density at radius 1 is 1.59 bits per heavy atom. The molecule has 0 aromatic heterocycles. The molecule has 100 valence electrons. The first kappa shape index (κ1) is 14.5. The van der Waals surface area contributed by atoms with Gasteiger partial charge < -0.3 is 15.0 Å². The Balaban J connectivity index is 2.56. The smallest absolute Gasteiger partial charge is 0.227 e. The summed E-state index contributed by atoms with van der Waals surface area (Å²) in [6, 6.07) is 0.305. The Morgan fingerprint density at radius 2 is 2.35 bits per heavy atom. The van der Waals surface area contributed by atoms with E-state index in [1.54, 1.807) is 7.11 Å². The third kappa shape index (κ3) is 4.28. The van der Waals surface area contributed by atoms with E-state index in [9.17, 15) is 4.79 Å². The van der Waals surface area contributed by atoms with E-state index in [4.69, 9.17) is 4.74 Å². The molecular formula is C13H26N2O2. The molecule has 0 bridgehead atoms. The largest absolute Gasteiger partial charge is 0.383 e. The summed E-state index contributed by atoms with van der Waals surface area (Å²) >= 11 is 0. The van der Waals surface area contributed by atoms with Crippen LogP contribution in [0.5, 0.6) is 0 Å². The number of ether oxygens (including phenoxy) is 1. The van der Waals surface area contributed by atoms with Gasteiger partial charge in [0.1, 0.15) is 0 Å². The molecule has 0 aliphatic carbocycles. The molecule has 17 heavy (non-hydrogen) atoms. The second kappa shape index (κ2) is 7.67. The molecule has 4 nitrogen and oxygen atoms in total. The molecule has 1 N–H and O–H groups in total. The van der Waals surface area contributed by atoms with Crippen molar-refractivity contribution >= 4 is 5.91 Å². The first-order valence-corrected chi connectivity index (χ1v) is 6.70. The minimum atomic E-state index is 0.162. The third-order valence-electron chi connectivity index (χ3n) is 3.59. The van der Waals surface area contributed by atoms with Crippen LogP contribution in [-0.2, 0) is 9.53 Å². The van der Waals surface area contributed by atoms with Gasteiger partial charge >= 0.3 is 0 Å². The molecule has 1 aliphatic heterocycles. The molecular weight excluding hydrogens is 216 g/mol. The van der Waals surface area contributed by atoms with Crippen LogP contribution in [0.3, 0.4) is 0 Å². The first-order chi connectivity index (χ1) is 8.20. The fourth-order valence-corrected chi connectivity index (χ4v) is 2.25. The summed E-state index contributed by atoms with van der Waals surface area (Å²) in [4.78, 5) is 14.4. The lowest BCUT2D eigenvalue weighted by molar-refractivity contribution is -0.139. The molecule has 0 spiro atoms. The lowest BCUT2D eigenvalue weighted by Gasteiger charge is -2.33. The quantitative estimate of drug-likeness (QED) is 0.762. The van der Waals surface area contributed by atoms with Gasteiger partial charge in [-0.2, -0.15) is 0 Å². The Kier molecular flexibility index (Phi) is 6.52. The maximum atomic E-state index is 12.4. The van der Waals surface area contributed by atoms with Crippen LogP contribution in [0, 0.1) is 5.92 Å². The van der Waals surface area contributed by atoms with Gasteiger partial charge in [0, 0.05) is 26.2 Å². The number of nitrogens with one attached hydrogen (secondary N) is 1. The molecule has 4 heteroatoms. The Morgan fingerprint density at radius 3 is 2.88 bits per heavy atom. The number of carbonyl (C=O) groups excluding carboxylic acids is 1. The first-order valence-electron chi connectivity index (χ1n) is 6.70. The molecule has 1 rings (SSSR count). The SMILES string of the molecule is CCC(C)N(CCOC)C(=O)[C@H]1CCCNC1. The van der Waals surface area contributed by atoms with Gasteiger partial charge in [-0.15, -0.1) is 0 Å². The van der Waals surface area contributed by atoms with E-state index in [2.05, 4.69) is 19.2 Å². The highest BCUT2D eigenvalue weighted by atomic mass is 16.5. The normalized spacial score (nSPS) is 22.2. The zero-order valence-corrected chi connectivity index (χ0v) is 11.4. The van der Waals surface area contributed by atoms with Crippen molar-refractivity contribution in [2.45, 2.75) is 39.2 Å². The molecule has 0 radical (unpaired) electrons. The maximum absolute atomic E-state index is 12.4. The predicted octanol–water partition coefficient (Wildman–Crippen LogP) is 1.26. The topological polar surface area (TPSA) is 41.6 Å². The van der Waals surface area contributed by atoms with Gasteiger partial charge in [-0.1, -0.05) is 6.92 Å². The van der Waals surface area contributed by atoms with Crippen molar-refractivity contribution in [1.82, 2.24) is 10.2 Å². The van der Waals surface area contributed by atoms with E-state index >= 15 is 0 Å². The monoisotopic (exact) mass is 242 g/mol. The number of methoxy groups -OCH3 is 1. The van der Waals surface area contributed by atoms with E-state index in [0.29, 0.717) is 25.1 Å². The predicted molar refractivity (Wildman–Crippen MR) is 68.9 cm³/mol. The number of hydrogen-bond acceptors (Lipinski definition) is 3. The van der Waals surface area contributed by atoms with Crippen molar-refractivity contribution in [2.24, 2.45) is 5.92 Å². The van der Waals surface area contributed by atoms with Gasteiger partial charge in [0.25, 0.3) is 0 Å². The molecule has 0 aromatic rings.